The maximum Gasteiger partial charge on any atom is 0.276 e. The molecular formula is C16H12N5O7. The van der Waals surface area contributed by atoms with E-state index >= 15 is 0 Å². The smallest absolute Gasteiger partial charge is 0.276 e. The highest BCUT2D eigenvalue weighted by Gasteiger charge is 2.32. The molecule has 12 heteroatoms. The van der Waals surface area contributed by atoms with E-state index in [1.807, 2.05) is 0 Å². The number of primary amides is 4. The van der Waals surface area contributed by atoms with Crippen LogP contribution in [0.3, 0.4) is 0 Å². The fourth-order valence-electron chi connectivity index (χ4n) is 2.93. The number of carbonyl (C=O) groups excluding carboxylic acids is 6. The second kappa shape index (κ2) is 7.13. The van der Waals surface area contributed by atoms with Crippen LogP contribution in [0.2, 0.25) is 0 Å². The summed E-state index contributed by atoms with van der Waals surface area (Å²) in [7, 11) is 0. The first-order valence-electron chi connectivity index (χ1n) is 7.26. The summed E-state index contributed by atoms with van der Waals surface area (Å²) in [6.07, 6.45) is 1.31. The van der Waals surface area contributed by atoms with Crippen LogP contribution in [-0.4, -0.2) is 41.0 Å². The summed E-state index contributed by atoms with van der Waals surface area (Å²) in [5.41, 5.74) is 18.1. The Balaban J connectivity index is 3.43. The van der Waals surface area contributed by atoms with Crippen LogP contribution < -0.4 is 28.4 Å². The molecule has 0 bridgehead atoms. The minimum atomic E-state index is -1.36. The van der Waals surface area contributed by atoms with Crippen LogP contribution in [-0.2, 0) is 4.79 Å². The van der Waals surface area contributed by atoms with Crippen LogP contribution in [0.4, 0.5) is 0 Å². The Kier molecular flexibility index (Phi) is 5.09. The van der Waals surface area contributed by atoms with Gasteiger partial charge in [0.15, 0.2) is 0 Å². The first kappa shape index (κ1) is 20.0. The van der Waals surface area contributed by atoms with Crippen molar-refractivity contribution in [2.45, 2.75) is 0 Å². The predicted octanol–water partition coefficient (Wildman–Crippen LogP) is -2.19. The van der Waals surface area contributed by atoms with E-state index in [0.29, 0.717) is 0 Å². The largest absolute Gasteiger partial charge is 0.366 e. The van der Waals surface area contributed by atoms with E-state index in [-0.39, 0.29) is 5.39 Å². The zero-order valence-electron chi connectivity index (χ0n) is 13.9. The summed E-state index contributed by atoms with van der Waals surface area (Å²) in [6, 6.07) is 2.05. The van der Waals surface area contributed by atoms with Gasteiger partial charge >= 0.3 is 0 Å². The Morgan fingerprint density at radius 2 is 1.32 bits per heavy atom. The highest BCUT2D eigenvalue weighted by Crippen LogP contribution is 2.34. The highest BCUT2D eigenvalue weighted by atomic mass is 16.5. The molecule has 0 aliphatic heterocycles. The summed E-state index contributed by atoms with van der Waals surface area (Å²) in [5.74, 6) is -6.40. The first-order chi connectivity index (χ1) is 13.1. The predicted molar refractivity (Wildman–Crippen MR) is 92.1 cm³/mol. The number of benzene rings is 2. The van der Waals surface area contributed by atoms with E-state index in [9.17, 15) is 28.8 Å². The van der Waals surface area contributed by atoms with E-state index < -0.39 is 68.3 Å². The fourth-order valence-corrected chi connectivity index (χ4v) is 2.93. The fraction of sp³-hybridized carbons (Fsp3) is 0. The van der Waals surface area contributed by atoms with Crippen molar-refractivity contribution in [2.75, 3.05) is 0 Å². The number of rotatable bonds is 6. The number of amides is 5. The lowest BCUT2D eigenvalue weighted by molar-refractivity contribution is 0.0704. The van der Waals surface area contributed by atoms with Crippen LogP contribution in [0.1, 0.15) is 57.4 Å². The molecule has 0 aliphatic carbocycles. The van der Waals surface area contributed by atoms with Gasteiger partial charge in [-0.2, -0.15) is 0 Å². The van der Waals surface area contributed by atoms with Crippen molar-refractivity contribution < 1.29 is 34.0 Å². The van der Waals surface area contributed by atoms with E-state index in [1.54, 1.807) is 0 Å². The molecule has 0 aromatic heterocycles. The zero-order valence-corrected chi connectivity index (χ0v) is 13.9. The maximum atomic E-state index is 12.2. The minimum absolute atomic E-state index is 0.298. The van der Waals surface area contributed by atoms with Crippen molar-refractivity contribution in [3.05, 3.63) is 45.5 Å². The van der Waals surface area contributed by atoms with Crippen molar-refractivity contribution in [3.63, 3.8) is 0 Å². The molecule has 0 saturated heterocycles. The van der Waals surface area contributed by atoms with Gasteiger partial charge in [0, 0.05) is 5.39 Å². The summed E-state index contributed by atoms with van der Waals surface area (Å²) in [6.45, 7) is 0. The molecule has 2 rings (SSSR count). The van der Waals surface area contributed by atoms with E-state index in [2.05, 4.69) is 0 Å². The average Bonchev–Trinajstić information content (AvgIpc) is 2.63. The lowest BCUT2D eigenvalue weighted by atomic mass is 9.84. The molecule has 5 amide bonds. The van der Waals surface area contributed by atoms with Crippen molar-refractivity contribution in [2.24, 2.45) is 22.9 Å². The molecule has 0 spiro atoms. The Labute approximate surface area is 155 Å². The molecule has 0 unspecified atom stereocenters. The van der Waals surface area contributed by atoms with E-state index in [0.717, 1.165) is 12.1 Å². The van der Waals surface area contributed by atoms with Gasteiger partial charge in [-0.15, -0.1) is 0 Å². The van der Waals surface area contributed by atoms with Crippen molar-refractivity contribution >= 4 is 46.6 Å². The number of hydrogen-bond donors (Lipinski definition) is 6. The molecule has 2 aromatic carbocycles. The molecule has 0 atom stereocenters. The van der Waals surface area contributed by atoms with Gasteiger partial charge in [-0.1, -0.05) is 6.07 Å². The van der Waals surface area contributed by atoms with Gasteiger partial charge in [0.25, 0.3) is 5.91 Å². The lowest BCUT2D eigenvalue weighted by Crippen LogP contribution is -2.29. The van der Waals surface area contributed by atoms with E-state index in [4.69, 9.17) is 28.1 Å². The Hall–Kier alpha value is -4.32. The van der Waals surface area contributed by atoms with Crippen molar-refractivity contribution in [3.8, 4) is 0 Å². The molecule has 28 heavy (non-hydrogen) atoms. The number of hydrogen-bond acceptors (Lipinski definition) is 7. The molecule has 10 N–H and O–H groups in total. The third kappa shape index (κ3) is 2.89. The molecule has 0 fully saturated rings. The minimum Gasteiger partial charge on any atom is -0.366 e. The Morgan fingerprint density at radius 1 is 0.786 bits per heavy atom. The Bertz CT molecular complexity index is 1110. The first-order valence-corrected chi connectivity index (χ1v) is 7.26. The average molecular weight is 386 g/mol. The van der Waals surface area contributed by atoms with Crippen LogP contribution in [0.5, 0.6) is 0 Å². The van der Waals surface area contributed by atoms with Crippen LogP contribution >= 0.6 is 0 Å². The molecule has 2 aromatic rings. The van der Waals surface area contributed by atoms with E-state index in [1.165, 1.54) is 11.8 Å². The molecule has 143 valence electrons. The van der Waals surface area contributed by atoms with Gasteiger partial charge in [-0.25, -0.2) is 5.48 Å². The molecule has 12 nitrogen and oxygen atoms in total. The van der Waals surface area contributed by atoms with Crippen LogP contribution in [0.15, 0.2) is 12.1 Å². The molecule has 0 heterocycles. The SMILES string of the molecule is NC(=O)c1ccc2c(C(N)=O)c([C]=O)c(C(N)=O)c(C(N)=O)c2c1C(=O)NO. The number of fused-ring (bicyclic) bond motifs is 1. The van der Waals surface area contributed by atoms with Gasteiger partial charge in [0.2, 0.25) is 29.9 Å². The second-order valence-corrected chi connectivity index (χ2v) is 5.41. The highest BCUT2D eigenvalue weighted by molar-refractivity contribution is 6.28. The second-order valence-electron chi connectivity index (χ2n) is 5.41. The monoisotopic (exact) mass is 386 g/mol. The maximum absolute atomic E-state index is 12.2. The van der Waals surface area contributed by atoms with Crippen molar-refractivity contribution in [1.82, 2.24) is 5.48 Å². The van der Waals surface area contributed by atoms with Gasteiger partial charge in [0.1, 0.15) is 0 Å². The van der Waals surface area contributed by atoms with Gasteiger partial charge in [-0.05, 0) is 11.5 Å². The summed E-state index contributed by atoms with van der Waals surface area (Å²) in [4.78, 5) is 71.4. The third-order valence-electron chi connectivity index (χ3n) is 3.91. The van der Waals surface area contributed by atoms with Crippen LogP contribution in [0.25, 0.3) is 10.8 Å². The number of nitrogens with two attached hydrogens (primary N) is 4. The van der Waals surface area contributed by atoms with Gasteiger partial charge in [0.05, 0.1) is 33.4 Å². The molecule has 0 saturated carbocycles. The molecule has 0 aliphatic rings. The Morgan fingerprint density at radius 3 is 1.71 bits per heavy atom. The lowest BCUT2D eigenvalue weighted by Gasteiger charge is -2.18. The number of carbonyl (C=O) groups is 5. The normalized spacial score (nSPS) is 10.3. The molecule has 1 radical (unpaired) electrons. The molecular weight excluding hydrogens is 374 g/mol. The topological polar surface area (TPSA) is 239 Å². The standard InChI is InChI=1S/C16H12N5O7/c17-12(23)5-2-1-4-7(13(18)24)6(3-22)9(14(19)25)11(15(20)26)8(4)10(5)16(27)21-28/h1-2,28H,(H2,17,23)(H2,18,24)(H2,19,25)(H2,20,26)(H,21,27). The zero-order chi connectivity index (χ0) is 21.3. The van der Waals surface area contributed by atoms with Gasteiger partial charge < -0.3 is 22.9 Å². The summed E-state index contributed by atoms with van der Waals surface area (Å²) in [5, 5.41) is 8.20. The van der Waals surface area contributed by atoms with Crippen molar-refractivity contribution in [1.29, 1.82) is 0 Å². The van der Waals surface area contributed by atoms with Gasteiger partial charge in [-0.3, -0.25) is 34.0 Å². The third-order valence-corrected chi connectivity index (χ3v) is 3.91. The number of hydroxylamine groups is 1. The quantitative estimate of drug-likeness (QED) is 0.236. The number of nitrogens with one attached hydrogen (secondary N) is 1. The summed E-state index contributed by atoms with van der Waals surface area (Å²) < 4.78 is 0. The summed E-state index contributed by atoms with van der Waals surface area (Å²) >= 11 is 0. The van der Waals surface area contributed by atoms with Crippen LogP contribution in [0, 0.1) is 0 Å².